The lowest BCUT2D eigenvalue weighted by Gasteiger charge is -2.31. The van der Waals surface area contributed by atoms with Gasteiger partial charge in [-0.15, -0.1) is 0 Å². The number of carbonyl (C=O) groups is 1. The number of piperidine rings is 1. The Morgan fingerprint density at radius 1 is 1.15 bits per heavy atom. The zero-order chi connectivity index (χ0) is 23.2. The Morgan fingerprint density at radius 3 is 2.67 bits per heavy atom. The first-order chi connectivity index (χ1) is 16.0. The number of hydrogen-bond donors (Lipinski definition) is 1. The number of ether oxygens (including phenoxy) is 4. The second kappa shape index (κ2) is 11.0. The Morgan fingerprint density at radius 2 is 1.91 bits per heavy atom. The summed E-state index contributed by atoms with van der Waals surface area (Å²) in [5.74, 6) is 1.99. The quantitative estimate of drug-likeness (QED) is 0.453. The van der Waals surface area contributed by atoms with Crippen LogP contribution >= 0.6 is 11.6 Å². The molecule has 33 heavy (non-hydrogen) atoms. The van der Waals surface area contributed by atoms with Crippen molar-refractivity contribution in [1.82, 2.24) is 4.90 Å². The molecule has 0 bridgehead atoms. The molecule has 7 nitrogen and oxygen atoms in total. The Kier molecular flexibility index (Phi) is 7.83. The third kappa shape index (κ3) is 6.03. The molecule has 1 saturated heterocycles. The number of halogens is 1. The van der Waals surface area contributed by atoms with Gasteiger partial charge in [-0.25, -0.2) is 4.79 Å². The third-order valence-corrected chi connectivity index (χ3v) is 6.57. The van der Waals surface area contributed by atoms with Crippen LogP contribution in [-0.4, -0.2) is 57.4 Å². The standard InChI is InChI=1S/C25H31ClN2O5/c1-30-23-15-21(27)20(26)14-19(23)25(29)33-16-18-6-9-28(10-7-18)8-2-3-17-4-5-22-24(13-17)32-12-11-31-22/h4-5,13-15,18H,2-3,6-12,16,27H2,1H3. The van der Waals surface area contributed by atoms with Crippen LogP contribution in [0.4, 0.5) is 5.69 Å². The molecule has 0 aliphatic carbocycles. The van der Waals surface area contributed by atoms with E-state index in [-0.39, 0.29) is 0 Å². The minimum Gasteiger partial charge on any atom is -0.496 e. The summed E-state index contributed by atoms with van der Waals surface area (Å²) >= 11 is 6.06. The number of carbonyl (C=O) groups excluding carboxylic acids is 1. The molecule has 8 heteroatoms. The van der Waals surface area contributed by atoms with E-state index in [2.05, 4.69) is 17.0 Å². The first kappa shape index (κ1) is 23.5. The highest BCUT2D eigenvalue weighted by Gasteiger charge is 2.22. The van der Waals surface area contributed by atoms with Crippen molar-refractivity contribution in [3.8, 4) is 17.2 Å². The molecule has 0 saturated carbocycles. The Labute approximate surface area is 199 Å². The Hall–Kier alpha value is -2.64. The van der Waals surface area contributed by atoms with Crippen LogP contribution in [0.3, 0.4) is 0 Å². The second-order valence-corrected chi connectivity index (χ2v) is 8.95. The Balaban J connectivity index is 1.17. The summed E-state index contributed by atoms with van der Waals surface area (Å²) in [5.41, 5.74) is 7.73. The van der Waals surface area contributed by atoms with Crippen molar-refractivity contribution in [3.63, 3.8) is 0 Å². The highest BCUT2D eigenvalue weighted by molar-refractivity contribution is 6.33. The van der Waals surface area contributed by atoms with Crippen LogP contribution < -0.4 is 19.9 Å². The van der Waals surface area contributed by atoms with Crippen molar-refractivity contribution in [2.24, 2.45) is 5.92 Å². The van der Waals surface area contributed by atoms with E-state index in [4.69, 9.17) is 36.3 Å². The molecule has 178 valence electrons. The largest absolute Gasteiger partial charge is 0.496 e. The van der Waals surface area contributed by atoms with Crippen molar-refractivity contribution in [3.05, 3.63) is 46.5 Å². The number of nitrogen functional groups attached to an aromatic ring is 1. The fraction of sp³-hybridized carbons (Fsp3) is 0.480. The SMILES string of the molecule is COc1cc(N)c(Cl)cc1C(=O)OCC1CCN(CCCc2ccc3c(c2)OCCO3)CC1. The van der Waals surface area contributed by atoms with Crippen molar-refractivity contribution in [2.75, 3.05) is 52.3 Å². The van der Waals surface area contributed by atoms with Crippen LogP contribution in [0.1, 0.15) is 35.2 Å². The number of likely N-dealkylation sites (tertiary alicyclic amines) is 1. The minimum atomic E-state index is -0.435. The number of nitrogens with zero attached hydrogens (tertiary/aromatic N) is 1. The second-order valence-electron chi connectivity index (χ2n) is 8.54. The molecule has 0 unspecified atom stereocenters. The minimum absolute atomic E-state index is 0.299. The van der Waals surface area contributed by atoms with Gasteiger partial charge < -0.3 is 29.6 Å². The normalized spacial score (nSPS) is 16.4. The van der Waals surface area contributed by atoms with E-state index >= 15 is 0 Å². The average molecular weight is 475 g/mol. The lowest BCUT2D eigenvalue weighted by atomic mass is 9.97. The van der Waals surface area contributed by atoms with E-state index in [9.17, 15) is 4.79 Å². The molecule has 0 spiro atoms. The van der Waals surface area contributed by atoms with Crippen molar-refractivity contribution < 1.29 is 23.7 Å². The van der Waals surface area contributed by atoms with E-state index in [1.807, 2.05) is 6.07 Å². The molecule has 2 aliphatic heterocycles. The van der Waals surface area contributed by atoms with Gasteiger partial charge in [0.1, 0.15) is 24.5 Å². The lowest BCUT2D eigenvalue weighted by molar-refractivity contribution is 0.0369. The molecular formula is C25H31ClN2O5. The number of aryl methyl sites for hydroxylation is 1. The van der Waals surface area contributed by atoms with Gasteiger partial charge in [0.15, 0.2) is 11.5 Å². The van der Waals surface area contributed by atoms with Crippen molar-refractivity contribution >= 4 is 23.3 Å². The van der Waals surface area contributed by atoms with Crippen LogP contribution in [0, 0.1) is 5.92 Å². The Bertz CT molecular complexity index is 976. The average Bonchev–Trinajstić information content (AvgIpc) is 2.84. The van der Waals surface area contributed by atoms with Crippen molar-refractivity contribution in [1.29, 1.82) is 0 Å². The molecule has 2 aromatic carbocycles. The smallest absolute Gasteiger partial charge is 0.341 e. The number of benzene rings is 2. The summed E-state index contributed by atoms with van der Waals surface area (Å²) in [5, 5.41) is 0.312. The third-order valence-electron chi connectivity index (χ3n) is 6.24. The number of esters is 1. The van der Waals surface area contributed by atoms with E-state index in [1.165, 1.54) is 18.7 Å². The van der Waals surface area contributed by atoms with Gasteiger partial charge >= 0.3 is 5.97 Å². The maximum absolute atomic E-state index is 12.5. The molecule has 1 fully saturated rings. The van der Waals surface area contributed by atoms with Gasteiger partial charge in [0.2, 0.25) is 0 Å². The fourth-order valence-corrected chi connectivity index (χ4v) is 4.46. The van der Waals surface area contributed by atoms with Crippen molar-refractivity contribution in [2.45, 2.75) is 25.7 Å². The molecule has 0 aromatic heterocycles. The summed E-state index contributed by atoms with van der Waals surface area (Å²) < 4.78 is 22.1. The van der Waals surface area contributed by atoms with Gasteiger partial charge in [-0.05, 0) is 75.0 Å². The molecule has 0 atom stereocenters. The number of rotatable bonds is 8. The monoisotopic (exact) mass is 474 g/mol. The van der Waals surface area contributed by atoms with Gasteiger partial charge in [-0.2, -0.15) is 0 Å². The fourth-order valence-electron chi connectivity index (χ4n) is 4.30. The number of methoxy groups -OCH3 is 1. The molecule has 0 radical (unpaired) electrons. The molecule has 4 rings (SSSR count). The van der Waals surface area contributed by atoms with Crippen LogP contribution in [0.5, 0.6) is 17.2 Å². The highest BCUT2D eigenvalue weighted by atomic mass is 35.5. The summed E-state index contributed by atoms with van der Waals surface area (Å²) in [6.45, 7) is 4.71. The van der Waals surface area contributed by atoms with Crippen LogP contribution in [-0.2, 0) is 11.2 Å². The van der Waals surface area contributed by atoms with Gasteiger partial charge in [-0.1, -0.05) is 17.7 Å². The molecule has 2 N–H and O–H groups in total. The first-order valence-corrected chi connectivity index (χ1v) is 11.8. The predicted octanol–water partition coefficient (Wildman–Crippen LogP) is 4.20. The topological polar surface area (TPSA) is 83.2 Å². The maximum atomic E-state index is 12.5. The van der Waals surface area contributed by atoms with Crippen LogP contribution in [0.2, 0.25) is 5.02 Å². The molecule has 2 heterocycles. The number of nitrogens with two attached hydrogens (primary N) is 1. The van der Waals surface area contributed by atoms with Crippen LogP contribution in [0.15, 0.2) is 30.3 Å². The molecule has 2 aromatic rings. The lowest BCUT2D eigenvalue weighted by Crippen LogP contribution is -2.36. The molecular weight excluding hydrogens is 444 g/mol. The van der Waals surface area contributed by atoms with E-state index in [1.54, 1.807) is 6.07 Å². The predicted molar refractivity (Wildman–Crippen MR) is 128 cm³/mol. The maximum Gasteiger partial charge on any atom is 0.341 e. The summed E-state index contributed by atoms with van der Waals surface area (Å²) in [7, 11) is 1.49. The summed E-state index contributed by atoms with van der Waals surface area (Å²) in [4.78, 5) is 15.0. The van der Waals surface area contributed by atoms with Crippen LogP contribution in [0.25, 0.3) is 0 Å². The number of anilines is 1. The highest BCUT2D eigenvalue weighted by Crippen LogP contribution is 2.31. The van der Waals surface area contributed by atoms with Gasteiger partial charge in [0.05, 0.1) is 24.4 Å². The van der Waals surface area contributed by atoms with E-state index < -0.39 is 5.97 Å². The number of hydrogen-bond acceptors (Lipinski definition) is 7. The van der Waals surface area contributed by atoms with E-state index in [0.29, 0.717) is 47.8 Å². The molecule has 0 amide bonds. The number of fused-ring (bicyclic) bond motifs is 1. The molecule has 2 aliphatic rings. The first-order valence-electron chi connectivity index (χ1n) is 11.4. The van der Waals surface area contributed by atoms with E-state index in [0.717, 1.165) is 56.8 Å². The zero-order valence-corrected chi connectivity index (χ0v) is 19.7. The summed E-state index contributed by atoms with van der Waals surface area (Å²) in [6, 6.07) is 9.27. The van der Waals surface area contributed by atoms with Gasteiger partial charge in [0.25, 0.3) is 0 Å². The summed E-state index contributed by atoms with van der Waals surface area (Å²) in [6.07, 6.45) is 4.13. The van der Waals surface area contributed by atoms with Gasteiger partial charge in [-0.3, -0.25) is 0 Å². The van der Waals surface area contributed by atoms with Gasteiger partial charge in [0, 0.05) is 6.07 Å². The zero-order valence-electron chi connectivity index (χ0n) is 19.0.